The Balaban J connectivity index is 2.63. The zero-order chi connectivity index (χ0) is 14.9. The zero-order valence-electron chi connectivity index (χ0n) is 10.0. The highest BCUT2D eigenvalue weighted by Crippen LogP contribution is 2.37. The number of hydrogen-bond donors (Lipinski definition) is 0. The van der Waals surface area contributed by atoms with Gasteiger partial charge >= 0.3 is 6.18 Å². The summed E-state index contributed by atoms with van der Waals surface area (Å²) >= 11 is 5.77. The summed E-state index contributed by atoms with van der Waals surface area (Å²) < 4.78 is 56.2. The summed E-state index contributed by atoms with van der Waals surface area (Å²) in [5.74, 6) is -1.34. The highest BCUT2D eigenvalue weighted by atomic mass is 35.5. The van der Waals surface area contributed by atoms with Crippen LogP contribution in [0.15, 0.2) is 24.5 Å². The van der Waals surface area contributed by atoms with E-state index in [0.717, 1.165) is 12.4 Å². The molecule has 1 heterocycles. The molecular formula is C12H7ClF4N2O. The van der Waals surface area contributed by atoms with Crippen molar-refractivity contribution < 1.29 is 22.3 Å². The lowest BCUT2D eigenvalue weighted by molar-refractivity contribution is -0.139. The van der Waals surface area contributed by atoms with Crippen molar-refractivity contribution in [1.29, 1.82) is 0 Å². The summed E-state index contributed by atoms with van der Waals surface area (Å²) in [4.78, 5) is 7.48. The van der Waals surface area contributed by atoms with Crippen molar-refractivity contribution in [2.75, 3.05) is 7.11 Å². The highest BCUT2D eigenvalue weighted by molar-refractivity contribution is 6.31. The van der Waals surface area contributed by atoms with E-state index in [9.17, 15) is 17.6 Å². The Bertz CT molecular complexity index is 646. The van der Waals surface area contributed by atoms with E-state index in [2.05, 4.69) is 9.97 Å². The van der Waals surface area contributed by atoms with Gasteiger partial charge in [-0.25, -0.2) is 14.4 Å². The van der Waals surface area contributed by atoms with Crippen molar-refractivity contribution in [3.05, 3.63) is 41.1 Å². The third-order valence-electron chi connectivity index (χ3n) is 2.51. The molecule has 0 aliphatic carbocycles. The number of nitrogens with zero attached hydrogens (tertiary/aromatic N) is 2. The smallest absolute Gasteiger partial charge is 0.419 e. The molecule has 0 unspecified atom stereocenters. The minimum absolute atomic E-state index is 0.0221. The number of ether oxygens (including phenoxy) is 1. The first-order chi connectivity index (χ1) is 9.34. The molecule has 8 heteroatoms. The minimum Gasteiger partial charge on any atom is -0.491 e. The Hall–Kier alpha value is -1.89. The van der Waals surface area contributed by atoms with Gasteiger partial charge in [0, 0.05) is 5.56 Å². The minimum atomic E-state index is -4.80. The molecule has 1 aromatic heterocycles. The molecule has 0 atom stereocenters. The Labute approximate surface area is 116 Å². The molecule has 1 aromatic carbocycles. The van der Waals surface area contributed by atoms with Crippen LogP contribution in [0.5, 0.6) is 5.75 Å². The second kappa shape index (κ2) is 5.24. The molecule has 0 aliphatic heterocycles. The van der Waals surface area contributed by atoms with Gasteiger partial charge in [0.05, 0.1) is 12.7 Å². The van der Waals surface area contributed by atoms with E-state index in [1.54, 1.807) is 0 Å². The van der Waals surface area contributed by atoms with Gasteiger partial charge in [-0.15, -0.1) is 0 Å². The number of benzene rings is 1. The fourth-order valence-corrected chi connectivity index (χ4v) is 1.84. The number of alkyl halides is 3. The number of rotatable bonds is 2. The van der Waals surface area contributed by atoms with Crippen LogP contribution in [0.2, 0.25) is 5.15 Å². The molecule has 0 spiro atoms. The van der Waals surface area contributed by atoms with Crippen molar-refractivity contribution in [2.45, 2.75) is 6.18 Å². The molecule has 2 aromatic rings. The van der Waals surface area contributed by atoms with Crippen LogP contribution in [0.3, 0.4) is 0 Å². The first kappa shape index (κ1) is 14.5. The molecule has 0 aliphatic rings. The number of aromatic nitrogens is 2. The highest BCUT2D eigenvalue weighted by Gasteiger charge is 2.34. The van der Waals surface area contributed by atoms with E-state index in [1.165, 1.54) is 7.11 Å². The molecule has 20 heavy (non-hydrogen) atoms. The van der Waals surface area contributed by atoms with E-state index in [1.807, 2.05) is 0 Å². The SMILES string of the molecule is COc1c(Cl)ncnc1-c1ccc(F)c(C(F)(F)F)c1. The maximum absolute atomic E-state index is 13.2. The Morgan fingerprint density at radius 3 is 2.50 bits per heavy atom. The van der Waals surface area contributed by atoms with Crippen molar-refractivity contribution in [3.8, 4) is 17.0 Å². The molecule has 0 saturated carbocycles. The zero-order valence-corrected chi connectivity index (χ0v) is 10.8. The first-order valence-corrected chi connectivity index (χ1v) is 5.64. The van der Waals surface area contributed by atoms with Crippen LogP contribution in [0.4, 0.5) is 17.6 Å². The van der Waals surface area contributed by atoms with Crippen molar-refractivity contribution in [3.63, 3.8) is 0 Å². The summed E-state index contributed by atoms with van der Waals surface area (Å²) in [6.07, 6.45) is -3.72. The van der Waals surface area contributed by atoms with Gasteiger partial charge < -0.3 is 4.74 Å². The van der Waals surface area contributed by atoms with E-state index in [-0.39, 0.29) is 22.2 Å². The van der Waals surface area contributed by atoms with Crippen LogP contribution in [-0.4, -0.2) is 17.1 Å². The quantitative estimate of drug-likeness (QED) is 0.622. The van der Waals surface area contributed by atoms with Crippen molar-refractivity contribution in [1.82, 2.24) is 9.97 Å². The summed E-state index contributed by atoms with van der Waals surface area (Å²) in [5, 5.41) is -0.0459. The van der Waals surface area contributed by atoms with Crippen molar-refractivity contribution in [2.24, 2.45) is 0 Å². The van der Waals surface area contributed by atoms with E-state index < -0.39 is 17.6 Å². The Morgan fingerprint density at radius 2 is 1.90 bits per heavy atom. The predicted molar refractivity (Wildman–Crippen MR) is 64.0 cm³/mol. The van der Waals surface area contributed by atoms with Crippen LogP contribution in [-0.2, 0) is 6.18 Å². The van der Waals surface area contributed by atoms with E-state index in [0.29, 0.717) is 12.1 Å². The van der Waals surface area contributed by atoms with Crippen molar-refractivity contribution >= 4 is 11.6 Å². The number of halogens is 5. The summed E-state index contributed by atoms with van der Waals surface area (Å²) in [6, 6.07) is 2.52. The monoisotopic (exact) mass is 306 g/mol. The molecular weight excluding hydrogens is 300 g/mol. The topological polar surface area (TPSA) is 35.0 Å². The van der Waals surface area contributed by atoms with Gasteiger partial charge in [0.2, 0.25) is 0 Å². The maximum Gasteiger partial charge on any atom is 0.419 e. The van der Waals surface area contributed by atoms with Gasteiger partial charge in [-0.1, -0.05) is 11.6 Å². The van der Waals surface area contributed by atoms with Crippen LogP contribution in [0.1, 0.15) is 5.56 Å². The normalized spacial score (nSPS) is 11.5. The average Bonchev–Trinajstić information content (AvgIpc) is 2.37. The second-order valence-electron chi connectivity index (χ2n) is 3.74. The van der Waals surface area contributed by atoms with E-state index >= 15 is 0 Å². The van der Waals surface area contributed by atoms with Gasteiger partial charge in [0.25, 0.3) is 0 Å². The molecule has 0 radical (unpaired) electrons. The lowest BCUT2D eigenvalue weighted by Crippen LogP contribution is -2.08. The third-order valence-corrected chi connectivity index (χ3v) is 2.78. The van der Waals surface area contributed by atoms with Gasteiger partial charge in [-0.3, -0.25) is 0 Å². The molecule has 3 nitrogen and oxygen atoms in total. The first-order valence-electron chi connectivity index (χ1n) is 5.26. The summed E-state index contributed by atoms with van der Waals surface area (Å²) in [5.41, 5.74) is -1.30. The van der Waals surface area contributed by atoms with Crippen LogP contribution < -0.4 is 4.74 Å². The summed E-state index contributed by atoms with van der Waals surface area (Å²) in [7, 11) is 1.28. The fourth-order valence-electron chi connectivity index (χ4n) is 1.63. The average molecular weight is 307 g/mol. The number of hydrogen-bond acceptors (Lipinski definition) is 3. The van der Waals surface area contributed by atoms with Crippen LogP contribution in [0.25, 0.3) is 11.3 Å². The third kappa shape index (κ3) is 2.67. The Kier molecular flexibility index (Phi) is 3.80. The molecule has 2 rings (SSSR count). The van der Waals surface area contributed by atoms with Gasteiger partial charge in [-0.05, 0) is 18.2 Å². The molecule has 0 amide bonds. The summed E-state index contributed by atoms with van der Waals surface area (Å²) in [6.45, 7) is 0. The van der Waals surface area contributed by atoms with Gasteiger partial charge in [0.15, 0.2) is 10.9 Å². The Morgan fingerprint density at radius 1 is 1.20 bits per heavy atom. The fraction of sp³-hybridized carbons (Fsp3) is 0.167. The molecule has 0 saturated heterocycles. The second-order valence-corrected chi connectivity index (χ2v) is 4.10. The lowest BCUT2D eigenvalue weighted by atomic mass is 10.1. The standard InChI is InChI=1S/C12H7ClF4N2O/c1-20-10-9(18-5-19-11(10)13)6-2-3-8(14)7(4-6)12(15,16)17/h2-5H,1H3. The number of methoxy groups -OCH3 is 1. The lowest BCUT2D eigenvalue weighted by Gasteiger charge is -2.12. The van der Waals surface area contributed by atoms with Crippen LogP contribution >= 0.6 is 11.6 Å². The predicted octanol–water partition coefficient (Wildman–Crippen LogP) is 3.96. The van der Waals surface area contributed by atoms with Crippen LogP contribution in [0, 0.1) is 5.82 Å². The maximum atomic E-state index is 13.2. The largest absolute Gasteiger partial charge is 0.491 e. The molecule has 0 N–H and O–H groups in total. The molecule has 0 fully saturated rings. The van der Waals surface area contributed by atoms with E-state index in [4.69, 9.17) is 16.3 Å². The molecule has 0 bridgehead atoms. The molecule has 106 valence electrons. The van der Waals surface area contributed by atoms with Gasteiger partial charge in [-0.2, -0.15) is 13.2 Å². The van der Waals surface area contributed by atoms with Gasteiger partial charge in [0.1, 0.15) is 17.8 Å².